The fourth-order valence-electron chi connectivity index (χ4n) is 3.22. The van der Waals surface area contributed by atoms with E-state index < -0.39 is 0 Å². The molecule has 2 amide bonds. The molecule has 3 aromatic rings. The Balaban J connectivity index is 1.47. The van der Waals surface area contributed by atoms with Crippen molar-refractivity contribution in [1.82, 2.24) is 10.2 Å². The number of nitrogens with one attached hydrogen (secondary N) is 1. The van der Waals surface area contributed by atoms with Crippen LogP contribution in [0.1, 0.15) is 33.3 Å². The molecule has 1 unspecified atom stereocenters. The molecule has 6 nitrogen and oxygen atoms in total. The first-order valence-electron chi connectivity index (χ1n) is 8.77. The molecule has 8 heteroatoms. The predicted octanol–water partition coefficient (Wildman–Crippen LogP) is 4.38. The van der Waals surface area contributed by atoms with Gasteiger partial charge in [-0.3, -0.25) is 14.9 Å². The lowest BCUT2D eigenvalue weighted by molar-refractivity contribution is -0.117. The summed E-state index contributed by atoms with van der Waals surface area (Å²) in [6.45, 7) is 2.56. The van der Waals surface area contributed by atoms with Gasteiger partial charge in [0, 0.05) is 34.6 Å². The number of benzene rings is 2. The van der Waals surface area contributed by atoms with Crippen molar-refractivity contribution >= 4 is 49.9 Å². The number of halogens is 1. The molecule has 2 heterocycles. The molecular formula is C20H17BrN4O2S. The standard InChI is InChI=1S/C20H17BrN4O2S/c1-12-5-2-3-8-16(12)25-11-14(10-17(25)26)19-23-24-20(28-19)22-18(27)13-6-4-7-15(21)9-13/h2-9,14H,10-11H2,1H3,(H,22,24,27). The molecule has 0 spiro atoms. The molecule has 0 saturated carbocycles. The summed E-state index contributed by atoms with van der Waals surface area (Å²) in [6, 6.07) is 15.0. The fraction of sp³-hybridized carbons (Fsp3) is 0.200. The van der Waals surface area contributed by atoms with Crippen molar-refractivity contribution in [2.24, 2.45) is 0 Å². The molecule has 1 aliphatic rings. The Morgan fingerprint density at radius 3 is 2.82 bits per heavy atom. The number of rotatable bonds is 4. The summed E-state index contributed by atoms with van der Waals surface area (Å²) in [5.74, 6) is -0.191. The minimum atomic E-state index is -0.243. The van der Waals surface area contributed by atoms with Crippen molar-refractivity contribution in [2.75, 3.05) is 16.8 Å². The van der Waals surface area contributed by atoms with Crippen molar-refractivity contribution in [2.45, 2.75) is 19.3 Å². The number of nitrogens with zero attached hydrogens (tertiary/aromatic N) is 3. The predicted molar refractivity (Wildman–Crippen MR) is 113 cm³/mol. The molecule has 0 aliphatic carbocycles. The lowest BCUT2D eigenvalue weighted by Crippen LogP contribution is -2.25. The fourth-order valence-corrected chi connectivity index (χ4v) is 4.45. The molecular weight excluding hydrogens is 440 g/mol. The van der Waals surface area contributed by atoms with Crippen LogP contribution in [0.2, 0.25) is 0 Å². The molecule has 0 bridgehead atoms. The highest BCUT2D eigenvalue weighted by atomic mass is 79.9. The van der Waals surface area contributed by atoms with E-state index in [2.05, 4.69) is 31.4 Å². The van der Waals surface area contributed by atoms with Crippen molar-refractivity contribution in [1.29, 1.82) is 0 Å². The highest BCUT2D eigenvalue weighted by Gasteiger charge is 2.34. The topological polar surface area (TPSA) is 75.2 Å². The minimum Gasteiger partial charge on any atom is -0.311 e. The third kappa shape index (κ3) is 3.83. The average molecular weight is 457 g/mol. The van der Waals surface area contributed by atoms with Gasteiger partial charge < -0.3 is 4.90 Å². The van der Waals surface area contributed by atoms with Gasteiger partial charge in [-0.05, 0) is 36.8 Å². The van der Waals surface area contributed by atoms with Crippen LogP contribution < -0.4 is 10.2 Å². The SMILES string of the molecule is Cc1ccccc1N1CC(c2nnc(NC(=O)c3cccc(Br)c3)s2)CC1=O. The Labute approximate surface area is 174 Å². The van der Waals surface area contributed by atoms with E-state index in [1.807, 2.05) is 37.3 Å². The van der Waals surface area contributed by atoms with E-state index in [0.717, 1.165) is 20.7 Å². The molecule has 28 heavy (non-hydrogen) atoms. The monoisotopic (exact) mass is 456 g/mol. The normalized spacial score (nSPS) is 16.4. The first-order valence-corrected chi connectivity index (χ1v) is 10.4. The Hall–Kier alpha value is -2.58. The second-order valence-corrected chi connectivity index (χ2v) is 8.53. The highest BCUT2D eigenvalue weighted by Crippen LogP contribution is 2.35. The highest BCUT2D eigenvalue weighted by molar-refractivity contribution is 9.10. The number of para-hydroxylation sites is 1. The van der Waals surface area contributed by atoms with E-state index in [9.17, 15) is 9.59 Å². The van der Waals surface area contributed by atoms with Crippen molar-refractivity contribution < 1.29 is 9.59 Å². The van der Waals surface area contributed by atoms with E-state index in [4.69, 9.17) is 0 Å². The van der Waals surface area contributed by atoms with Crippen LogP contribution in [0.3, 0.4) is 0 Å². The van der Waals surface area contributed by atoms with Crippen LogP contribution in [0.25, 0.3) is 0 Å². The van der Waals surface area contributed by atoms with Crippen LogP contribution in [0.5, 0.6) is 0 Å². The van der Waals surface area contributed by atoms with E-state index in [1.165, 1.54) is 11.3 Å². The maximum atomic E-state index is 12.5. The number of hydrogen-bond donors (Lipinski definition) is 1. The third-order valence-corrected chi connectivity index (χ3v) is 6.12. The van der Waals surface area contributed by atoms with Crippen LogP contribution in [-0.4, -0.2) is 28.6 Å². The van der Waals surface area contributed by atoms with E-state index in [-0.39, 0.29) is 17.7 Å². The van der Waals surface area contributed by atoms with Gasteiger partial charge in [0.2, 0.25) is 11.0 Å². The summed E-state index contributed by atoms with van der Waals surface area (Å²) in [5, 5.41) is 12.3. The first-order chi connectivity index (χ1) is 13.5. The smallest absolute Gasteiger partial charge is 0.257 e. The molecule has 1 aliphatic heterocycles. The number of aromatic nitrogens is 2. The van der Waals surface area contributed by atoms with Crippen LogP contribution >= 0.6 is 27.3 Å². The van der Waals surface area contributed by atoms with Crippen molar-refractivity contribution in [3.63, 3.8) is 0 Å². The molecule has 142 valence electrons. The van der Waals surface area contributed by atoms with E-state index in [1.54, 1.807) is 23.1 Å². The molecule has 2 aromatic carbocycles. The van der Waals surface area contributed by atoms with Crippen LogP contribution in [-0.2, 0) is 4.79 Å². The van der Waals surface area contributed by atoms with Gasteiger partial charge in [-0.15, -0.1) is 10.2 Å². The van der Waals surface area contributed by atoms with Gasteiger partial charge in [-0.25, -0.2) is 0 Å². The molecule has 4 rings (SSSR count). The van der Waals surface area contributed by atoms with Crippen LogP contribution in [0, 0.1) is 6.92 Å². The summed E-state index contributed by atoms with van der Waals surface area (Å²) in [6.07, 6.45) is 0.391. The Morgan fingerprint density at radius 2 is 2.04 bits per heavy atom. The summed E-state index contributed by atoms with van der Waals surface area (Å²) < 4.78 is 0.832. The van der Waals surface area contributed by atoms with Gasteiger partial charge in [0.25, 0.3) is 5.91 Å². The second kappa shape index (κ2) is 7.81. The third-order valence-electron chi connectivity index (χ3n) is 4.63. The number of carbonyl (C=O) groups excluding carboxylic acids is 2. The molecule has 1 atom stereocenters. The maximum absolute atomic E-state index is 12.5. The molecule has 1 aromatic heterocycles. The van der Waals surface area contributed by atoms with Crippen LogP contribution in [0.4, 0.5) is 10.8 Å². The first kappa shape index (κ1) is 18.8. The van der Waals surface area contributed by atoms with Gasteiger partial charge in [0.1, 0.15) is 5.01 Å². The average Bonchev–Trinajstić information content (AvgIpc) is 3.29. The zero-order chi connectivity index (χ0) is 19.7. The van der Waals surface area contributed by atoms with Crippen molar-refractivity contribution in [3.8, 4) is 0 Å². The molecule has 1 N–H and O–H groups in total. The van der Waals surface area contributed by atoms with Gasteiger partial charge in [0.05, 0.1) is 0 Å². The number of amides is 2. The maximum Gasteiger partial charge on any atom is 0.257 e. The van der Waals surface area contributed by atoms with Crippen LogP contribution in [0.15, 0.2) is 53.0 Å². The number of anilines is 2. The second-order valence-electron chi connectivity index (χ2n) is 6.60. The minimum absolute atomic E-state index is 0.0267. The largest absolute Gasteiger partial charge is 0.311 e. The van der Waals surface area contributed by atoms with E-state index in [0.29, 0.717) is 23.7 Å². The summed E-state index contributed by atoms with van der Waals surface area (Å²) >= 11 is 4.67. The van der Waals surface area contributed by atoms with Gasteiger partial charge in [0.15, 0.2) is 0 Å². The van der Waals surface area contributed by atoms with Gasteiger partial charge in [-0.1, -0.05) is 51.5 Å². The zero-order valence-electron chi connectivity index (χ0n) is 15.1. The molecule has 0 radical (unpaired) electrons. The molecule has 1 saturated heterocycles. The Bertz CT molecular complexity index is 1050. The Kier molecular flexibility index (Phi) is 5.23. The number of hydrogen-bond acceptors (Lipinski definition) is 5. The summed E-state index contributed by atoms with van der Waals surface area (Å²) in [5.41, 5.74) is 2.53. The quantitative estimate of drug-likeness (QED) is 0.631. The summed E-state index contributed by atoms with van der Waals surface area (Å²) in [7, 11) is 0. The van der Waals surface area contributed by atoms with Gasteiger partial charge in [-0.2, -0.15) is 0 Å². The zero-order valence-corrected chi connectivity index (χ0v) is 17.5. The van der Waals surface area contributed by atoms with E-state index >= 15 is 0 Å². The van der Waals surface area contributed by atoms with Gasteiger partial charge >= 0.3 is 0 Å². The number of carbonyl (C=O) groups is 2. The molecule has 1 fully saturated rings. The summed E-state index contributed by atoms with van der Waals surface area (Å²) in [4.78, 5) is 26.7. The lowest BCUT2D eigenvalue weighted by Gasteiger charge is -2.18. The lowest BCUT2D eigenvalue weighted by atomic mass is 10.1. The Morgan fingerprint density at radius 1 is 1.21 bits per heavy atom. The number of aryl methyl sites for hydroxylation is 1. The van der Waals surface area contributed by atoms with Crippen molar-refractivity contribution in [3.05, 3.63) is 69.1 Å².